The van der Waals surface area contributed by atoms with Crippen molar-refractivity contribution in [1.29, 1.82) is 0 Å². The van der Waals surface area contributed by atoms with Crippen LogP contribution >= 0.6 is 0 Å². The molecule has 0 saturated heterocycles. The molecule has 0 radical (unpaired) electrons. The number of hydrogen-bond donors (Lipinski definition) is 1. The first-order valence-electron chi connectivity index (χ1n) is 11.1. The summed E-state index contributed by atoms with van der Waals surface area (Å²) >= 11 is 0. The van der Waals surface area contributed by atoms with Crippen molar-refractivity contribution in [3.8, 4) is 0 Å². The number of carbonyl (C=O) groups excluding carboxylic acids is 1. The summed E-state index contributed by atoms with van der Waals surface area (Å²) in [5, 5.41) is 2.27. The zero-order chi connectivity index (χ0) is 22.6. The Bertz CT molecular complexity index is 866. The molecule has 0 bridgehead atoms. The quantitative estimate of drug-likeness (QED) is 0.552. The number of ether oxygens (including phenoxy) is 1. The van der Waals surface area contributed by atoms with Crippen LogP contribution in [0.3, 0.4) is 0 Å². The van der Waals surface area contributed by atoms with E-state index in [9.17, 15) is 4.79 Å². The van der Waals surface area contributed by atoms with Crippen LogP contribution in [-0.2, 0) is 14.0 Å². The predicted octanol–water partition coefficient (Wildman–Crippen LogP) is 3.79. The van der Waals surface area contributed by atoms with Crippen LogP contribution in [0.5, 0.6) is 0 Å². The third-order valence-corrected chi connectivity index (χ3v) is 11.3. The maximum Gasteiger partial charge on any atom is 0.333 e. The summed E-state index contributed by atoms with van der Waals surface area (Å²) in [6.45, 7) is 11.0. The Labute approximate surface area is 187 Å². The van der Waals surface area contributed by atoms with Crippen LogP contribution in [0.2, 0.25) is 5.04 Å². The predicted molar refractivity (Wildman–Crippen MR) is 129 cm³/mol. The average molecular weight is 438 g/mol. The lowest BCUT2D eigenvalue weighted by Crippen LogP contribution is -2.69. The minimum Gasteiger partial charge on any atom is -0.463 e. The summed E-state index contributed by atoms with van der Waals surface area (Å²) in [6, 6.07) is 20.8. The summed E-state index contributed by atoms with van der Waals surface area (Å²) in [6.07, 6.45) is 2.15. The summed E-state index contributed by atoms with van der Waals surface area (Å²) < 4.78 is 12.5. The van der Waals surface area contributed by atoms with Gasteiger partial charge in [-0.2, -0.15) is 0 Å². The van der Waals surface area contributed by atoms with Crippen molar-refractivity contribution in [2.75, 3.05) is 6.61 Å². The molecule has 0 aromatic heterocycles. The second kappa shape index (κ2) is 9.51. The van der Waals surface area contributed by atoms with Crippen molar-refractivity contribution >= 4 is 24.7 Å². The Hall–Kier alpha value is -2.21. The monoisotopic (exact) mass is 437 g/mol. The van der Waals surface area contributed by atoms with Crippen molar-refractivity contribution < 1.29 is 14.0 Å². The zero-order valence-corrected chi connectivity index (χ0v) is 20.3. The van der Waals surface area contributed by atoms with E-state index in [0.717, 1.165) is 0 Å². The van der Waals surface area contributed by atoms with E-state index in [1.165, 1.54) is 10.4 Å². The molecule has 2 aromatic rings. The second-order valence-electron chi connectivity index (χ2n) is 9.37. The molecule has 0 spiro atoms. The van der Waals surface area contributed by atoms with Gasteiger partial charge in [-0.25, -0.2) is 4.79 Å². The van der Waals surface area contributed by atoms with Gasteiger partial charge in [0.2, 0.25) is 0 Å². The van der Waals surface area contributed by atoms with Gasteiger partial charge < -0.3 is 14.9 Å². The van der Waals surface area contributed by atoms with Gasteiger partial charge in [-0.15, -0.1) is 0 Å². The standard InChI is InChI=1S/C26H35NO3Si/c1-6-29-25(28)20-17-19(2)24(27)23(18-20)30-31(26(3,4)5,21-13-9-7-10-14-21)22-15-11-8-12-16-22/h7-17,19,23-24H,6,18,27H2,1-5H3/t19-,23+,24+/m1/s1. The Balaban J connectivity index is 2.11. The van der Waals surface area contributed by atoms with Crippen molar-refractivity contribution in [3.63, 3.8) is 0 Å². The molecule has 2 aromatic carbocycles. The van der Waals surface area contributed by atoms with Gasteiger partial charge in [0.05, 0.1) is 12.7 Å². The number of benzene rings is 2. The molecule has 31 heavy (non-hydrogen) atoms. The van der Waals surface area contributed by atoms with E-state index in [1.807, 2.05) is 32.1 Å². The van der Waals surface area contributed by atoms with Gasteiger partial charge in [-0.05, 0) is 28.3 Å². The van der Waals surface area contributed by atoms with E-state index in [-0.39, 0.29) is 29.1 Å². The number of nitrogens with two attached hydrogens (primary N) is 1. The molecule has 0 unspecified atom stereocenters. The molecule has 0 saturated carbocycles. The highest BCUT2D eigenvalue weighted by atomic mass is 28.4. The number of rotatable bonds is 6. The maximum absolute atomic E-state index is 12.5. The number of carbonyl (C=O) groups is 1. The lowest BCUT2D eigenvalue weighted by atomic mass is 9.85. The van der Waals surface area contributed by atoms with Crippen molar-refractivity contribution in [2.24, 2.45) is 11.7 Å². The molecular weight excluding hydrogens is 402 g/mol. The lowest BCUT2D eigenvalue weighted by molar-refractivity contribution is -0.139. The minimum absolute atomic E-state index is 0.0244. The van der Waals surface area contributed by atoms with Crippen LogP contribution in [0.1, 0.15) is 41.0 Å². The third kappa shape index (κ3) is 4.69. The molecule has 0 fully saturated rings. The largest absolute Gasteiger partial charge is 0.463 e. The average Bonchev–Trinajstić information content (AvgIpc) is 2.75. The molecule has 0 aliphatic heterocycles. The lowest BCUT2D eigenvalue weighted by Gasteiger charge is -2.47. The molecule has 3 atom stereocenters. The van der Waals surface area contributed by atoms with Gasteiger partial charge in [0.1, 0.15) is 0 Å². The van der Waals surface area contributed by atoms with Gasteiger partial charge in [0.15, 0.2) is 0 Å². The highest BCUT2D eigenvalue weighted by molar-refractivity contribution is 6.99. The smallest absolute Gasteiger partial charge is 0.333 e. The van der Waals surface area contributed by atoms with E-state index < -0.39 is 8.32 Å². The first-order valence-corrected chi connectivity index (χ1v) is 13.0. The van der Waals surface area contributed by atoms with Gasteiger partial charge in [-0.3, -0.25) is 0 Å². The summed E-state index contributed by atoms with van der Waals surface area (Å²) in [4.78, 5) is 12.5. The van der Waals surface area contributed by atoms with E-state index >= 15 is 0 Å². The fourth-order valence-electron chi connectivity index (χ4n) is 4.60. The Morgan fingerprint density at radius 1 is 1.03 bits per heavy atom. The van der Waals surface area contributed by atoms with Crippen LogP contribution < -0.4 is 16.1 Å². The van der Waals surface area contributed by atoms with Gasteiger partial charge in [-0.1, -0.05) is 94.4 Å². The summed E-state index contributed by atoms with van der Waals surface area (Å²) in [7, 11) is -2.75. The van der Waals surface area contributed by atoms with Crippen LogP contribution in [0.15, 0.2) is 72.3 Å². The van der Waals surface area contributed by atoms with Crippen LogP contribution in [0.25, 0.3) is 0 Å². The Kier molecular flexibility index (Phi) is 7.19. The fraction of sp³-hybridized carbons (Fsp3) is 0.423. The molecule has 3 rings (SSSR count). The summed E-state index contributed by atoms with van der Waals surface area (Å²) in [5.74, 6) is -0.242. The van der Waals surface area contributed by atoms with E-state index in [4.69, 9.17) is 14.9 Å². The second-order valence-corrected chi connectivity index (χ2v) is 13.6. The molecule has 0 amide bonds. The van der Waals surface area contributed by atoms with E-state index in [0.29, 0.717) is 18.6 Å². The molecular formula is C26H35NO3Si. The molecule has 0 heterocycles. The normalized spacial score (nSPS) is 22.0. The SMILES string of the molecule is CCOC(=O)C1=C[C@@H](C)[C@H](N)[C@@H](O[Si](c2ccccc2)(c2ccccc2)C(C)(C)C)C1. The molecule has 2 N–H and O–H groups in total. The van der Waals surface area contributed by atoms with E-state index in [2.05, 4.69) is 69.3 Å². The van der Waals surface area contributed by atoms with Crippen LogP contribution in [-0.4, -0.2) is 33.0 Å². The number of hydrogen-bond acceptors (Lipinski definition) is 4. The molecule has 1 aliphatic rings. The first kappa shape index (κ1) is 23.5. The van der Waals surface area contributed by atoms with Crippen molar-refractivity contribution in [1.82, 2.24) is 0 Å². The highest BCUT2D eigenvalue weighted by Crippen LogP contribution is 2.39. The van der Waals surface area contributed by atoms with Crippen LogP contribution in [0, 0.1) is 5.92 Å². The summed E-state index contributed by atoms with van der Waals surface area (Å²) in [5.41, 5.74) is 7.33. The Morgan fingerprint density at radius 2 is 1.55 bits per heavy atom. The minimum atomic E-state index is -2.75. The van der Waals surface area contributed by atoms with Crippen molar-refractivity contribution in [3.05, 3.63) is 72.3 Å². The first-order chi connectivity index (χ1) is 14.7. The highest BCUT2D eigenvalue weighted by Gasteiger charge is 2.52. The molecule has 4 nitrogen and oxygen atoms in total. The maximum atomic E-state index is 12.5. The molecule has 1 aliphatic carbocycles. The topological polar surface area (TPSA) is 61.5 Å². The van der Waals surface area contributed by atoms with Gasteiger partial charge >= 0.3 is 5.97 Å². The Morgan fingerprint density at radius 3 is 2.00 bits per heavy atom. The van der Waals surface area contributed by atoms with Crippen LogP contribution in [0.4, 0.5) is 0 Å². The number of esters is 1. The zero-order valence-electron chi connectivity index (χ0n) is 19.3. The van der Waals surface area contributed by atoms with E-state index in [1.54, 1.807) is 0 Å². The molecule has 5 heteroatoms. The third-order valence-electron chi connectivity index (χ3n) is 6.20. The molecule has 166 valence electrons. The fourth-order valence-corrected chi connectivity index (χ4v) is 9.31. The van der Waals surface area contributed by atoms with Gasteiger partial charge in [0, 0.05) is 18.0 Å². The van der Waals surface area contributed by atoms with Gasteiger partial charge in [0.25, 0.3) is 8.32 Å². The van der Waals surface area contributed by atoms with Crippen molar-refractivity contribution in [2.45, 2.75) is 58.2 Å².